The molecule has 0 aliphatic heterocycles. The Kier molecular flexibility index (Phi) is 4.56. The Balaban J connectivity index is 2.84. The van der Waals surface area contributed by atoms with E-state index in [2.05, 4.69) is 21.2 Å². The first-order valence-corrected chi connectivity index (χ1v) is 5.76. The Bertz CT molecular complexity index is 453. The number of hydrogen-bond acceptors (Lipinski definition) is 3. The van der Waals surface area contributed by atoms with Gasteiger partial charge in [-0.3, -0.25) is 14.9 Å². The summed E-state index contributed by atoms with van der Waals surface area (Å²) in [6.07, 6.45) is 0.585. The van der Waals surface area contributed by atoms with Gasteiger partial charge in [-0.2, -0.15) is 4.39 Å². The molecular formula is C10H10BrFN2O3. The van der Waals surface area contributed by atoms with Gasteiger partial charge >= 0.3 is 5.69 Å². The van der Waals surface area contributed by atoms with Gasteiger partial charge in [0.15, 0.2) is 0 Å². The quantitative estimate of drug-likeness (QED) is 0.528. The topological polar surface area (TPSA) is 72.2 Å². The molecule has 1 amide bonds. The molecule has 5 nitrogen and oxygen atoms in total. The average Bonchev–Trinajstić information content (AvgIpc) is 2.27. The summed E-state index contributed by atoms with van der Waals surface area (Å²) in [7, 11) is 0. The fraction of sp³-hybridized carbons (Fsp3) is 0.300. The molecule has 1 rings (SSSR count). The summed E-state index contributed by atoms with van der Waals surface area (Å²) in [6.45, 7) is 1.81. The van der Waals surface area contributed by atoms with Gasteiger partial charge in [0.05, 0.1) is 9.75 Å². The van der Waals surface area contributed by atoms with Crippen LogP contribution in [0.25, 0.3) is 0 Å². The maximum absolute atomic E-state index is 13.2. The van der Waals surface area contributed by atoms with E-state index < -0.39 is 16.4 Å². The van der Waals surface area contributed by atoms with Crippen molar-refractivity contribution >= 4 is 33.2 Å². The fourth-order valence-electron chi connectivity index (χ4n) is 1.14. The highest BCUT2D eigenvalue weighted by Gasteiger charge is 2.16. The molecule has 0 spiro atoms. The number of rotatable bonds is 4. The van der Waals surface area contributed by atoms with Crippen LogP contribution in [0.3, 0.4) is 0 Å². The van der Waals surface area contributed by atoms with Crippen molar-refractivity contribution in [2.24, 2.45) is 0 Å². The molecule has 92 valence electrons. The van der Waals surface area contributed by atoms with Crippen LogP contribution >= 0.6 is 15.9 Å². The highest BCUT2D eigenvalue weighted by atomic mass is 79.9. The summed E-state index contributed by atoms with van der Waals surface area (Å²) in [6, 6.07) is 3.22. The zero-order chi connectivity index (χ0) is 13.0. The Hall–Kier alpha value is -1.50. The Labute approximate surface area is 105 Å². The minimum atomic E-state index is -0.976. The Morgan fingerprint density at radius 3 is 2.76 bits per heavy atom. The minimum absolute atomic E-state index is 0.191. The van der Waals surface area contributed by atoms with Crippen molar-refractivity contribution in [3.05, 3.63) is 34.1 Å². The molecule has 0 bridgehead atoms. The number of carbonyl (C=O) groups excluding carboxylic acids is 1. The molecule has 0 heterocycles. The summed E-state index contributed by atoms with van der Waals surface area (Å²) in [5.41, 5.74) is -0.426. The molecule has 1 aromatic carbocycles. The average molecular weight is 305 g/mol. The number of hydrogen-bond donors (Lipinski definition) is 1. The highest BCUT2D eigenvalue weighted by molar-refractivity contribution is 9.10. The minimum Gasteiger partial charge on any atom is -0.325 e. The second-order valence-corrected chi connectivity index (χ2v) is 4.39. The molecule has 1 unspecified atom stereocenters. The largest absolute Gasteiger partial charge is 0.325 e. The number of anilines is 1. The lowest BCUT2D eigenvalue weighted by Crippen LogP contribution is -2.22. The highest BCUT2D eigenvalue weighted by Crippen LogP contribution is 2.21. The molecular weight excluding hydrogens is 295 g/mol. The molecule has 0 radical (unpaired) electrons. The van der Waals surface area contributed by atoms with Crippen LogP contribution in [0, 0.1) is 15.9 Å². The SMILES string of the molecule is CCC(Br)C(=O)Nc1ccc([N+](=O)[O-])c(F)c1. The third-order valence-electron chi connectivity index (χ3n) is 2.05. The van der Waals surface area contributed by atoms with Crippen molar-refractivity contribution in [1.82, 2.24) is 0 Å². The summed E-state index contributed by atoms with van der Waals surface area (Å²) >= 11 is 3.14. The number of carbonyl (C=O) groups is 1. The third-order valence-corrected chi connectivity index (χ3v) is 3.12. The van der Waals surface area contributed by atoms with Crippen LogP contribution < -0.4 is 5.32 Å². The third kappa shape index (κ3) is 3.48. The van der Waals surface area contributed by atoms with Gasteiger partial charge < -0.3 is 5.32 Å². The lowest BCUT2D eigenvalue weighted by atomic mass is 10.2. The lowest BCUT2D eigenvalue weighted by molar-refractivity contribution is -0.387. The van der Waals surface area contributed by atoms with E-state index in [0.29, 0.717) is 6.42 Å². The maximum Gasteiger partial charge on any atom is 0.304 e. The Morgan fingerprint density at radius 2 is 2.29 bits per heavy atom. The van der Waals surface area contributed by atoms with Gasteiger partial charge in [-0.05, 0) is 12.5 Å². The number of halogens is 2. The van der Waals surface area contributed by atoms with Crippen LogP contribution in [0.1, 0.15) is 13.3 Å². The first-order valence-electron chi connectivity index (χ1n) is 4.84. The first-order chi connectivity index (χ1) is 7.95. The molecule has 1 aromatic rings. The van der Waals surface area contributed by atoms with Gasteiger partial charge in [0.25, 0.3) is 0 Å². The second kappa shape index (κ2) is 5.72. The van der Waals surface area contributed by atoms with Gasteiger partial charge in [-0.15, -0.1) is 0 Å². The molecule has 7 heteroatoms. The predicted octanol–water partition coefficient (Wildman–Crippen LogP) is 2.85. The van der Waals surface area contributed by atoms with E-state index in [9.17, 15) is 19.3 Å². The summed E-state index contributed by atoms with van der Waals surface area (Å²) in [5.74, 6) is -1.30. The van der Waals surface area contributed by atoms with Crippen LogP contribution in [0.5, 0.6) is 0 Å². The summed E-state index contributed by atoms with van der Waals surface area (Å²) in [4.78, 5) is 20.6. The van der Waals surface area contributed by atoms with Crippen LogP contribution in [-0.4, -0.2) is 15.7 Å². The maximum atomic E-state index is 13.2. The van der Waals surface area contributed by atoms with Crippen LogP contribution in [0.2, 0.25) is 0 Å². The van der Waals surface area contributed by atoms with Gasteiger partial charge in [-0.25, -0.2) is 0 Å². The van der Waals surface area contributed by atoms with Gasteiger partial charge in [-0.1, -0.05) is 22.9 Å². The van der Waals surface area contributed by atoms with E-state index in [1.807, 2.05) is 6.92 Å². The van der Waals surface area contributed by atoms with E-state index in [1.165, 1.54) is 6.07 Å². The van der Waals surface area contributed by atoms with Crippen LogP contribution in [-0.2, 0) is 4.79 Å². The predicted molar refractivity (Wildman–Crippen MR) is 64.7 cm³/mol. The van der Waals surface area contributed by atoms with Crippen molar-refractivity contribution in [3.8, 4) is 0 Å². The van der Waals surface area contributed by atoms with Crippen molar-refractivity contribution in [1.29, 1.82) is 0 Å². The number of alkyl halides is 1. The zero-order valence-electron chi connectivity index (χ0n) is 8.94. The lowest BCUT2D eigenvalue weighted by Gasteiger charge is -2.08. The van der Waals surface area contributed by atoms with Gasteiger partial charge in [0.1, 0.15) is 0 Å². The fourth-order valence-corrected chi connectivity index (χ4v) is 1.25. The molecule has 0 aliphatic rings. The van der Waals surface area contributed by atoms with Crippen LogP contribution in [0.4, 0.5) is 15.8 Å². The normalized spacial score (nSPS) is 11.9. The van der Waals surface area contributed by atoms with Crippen molar-refractivity contribution in [3.63, 3.8) is 0 Å². The summed E-state index contributed by atoms with van der Waals surface area (Å²) in [5, 5.41) is 12.8. The standard InChI is InChI=1S/C10H10BrFN2O3/c1-2-7(11)10(15)13-6-3-4-9(14(16)17)8(12)5-6/h3-5,7H,2H2,1H3,(H,13,15). The van der Waals surface area contributed by atoms with E-state index in [1.54, 1.807) is 0 Å². The number of nitrogens with one attached hydrogen (secondary N) is 1. The molecule has 0 fully saturated rings. The smallest absolute Gasteiger partial charge is 0.304 e. The van der Waals surface area contributed by atoms with Gasteiger partial charge in [0.2, 0.25) is 11.7 Å². The number of amides is 1. The van der Waals surface area contributed by atoms with Crippen molar-refractivity contribution in [2.45, 2.75) is 18.2 Å². The summed E-state index contributed by atoms with van der Waals surface area (Å²) < 4.78 is 13.2. The van der Waals surface area contributed by atoms with E-state index in [4.69, 9.17) is 0 Å². The van der Waals surface area contributed by atoms with Gasteiger partial charge in [0, 0.05) is 17.8 Å². The van der Waals surface area contributed by atoms with Crippen molar-refractivity contribution in [2.75, 3.05) is 5.32 Å². The van der Waals surface area contributed by atoms with E-state index in [0.717, 1.165) is 12.1 Å². The molecule has 1 N–H and O–H groups in total. The number of nitrogens with zero attached hydrogens (tertiary/aromatic N) is 1. The zero-order valence-corrected chi connectivity index (χ0v) is 10.5. The molecule has 1 atom stereocenters. The second-order valence-electron chi connectivity index (χ2n) is 3.29. The number of nitro benzene ring substituents is 1. The first kappa shape index (κ1) is 13.6. The molecule has 0 aromatic heterocycles. The van der Waals surface area contributed by atoms with E-state index in [-0.39, 0.29) is 16.4 Å². The van der Waals surface area contributed by atoms with Crippen molar-refractivity contribution < 1.29 is 14.1 Å². The van der Waals surface area contributed by atoms with E-state index >= 15 is 0 Å². The molecule has 0 saturated carbocycles. The molecule has 0 aliphatic carbocycles. The molecule has 17 heavy (non-hydrogen) atoms. The van der Waals surface area contributed by atoms with Crippen LogP contribution in [0.15, 0.2) is 18.2 Å². The Morgan fingerprint density at radius 1 is 1.65 bits per heavy atom. The number of benzene rings is 1. The molecule has 0 saturated heterocycles. The monoisotopic (exact) mass is 304 g/mol. The number of nitro groups is 1.